The average Bonchev–Trinajstić information content (AvgIpc) is 2.35. The van der Waals surface area contributed by atoms with Gasteiger partial charge in [0.25, 0.3) is 0 Å². The van der Waals surface area contributed by atoms with Gasteiger partial charge in [0, 0.05) is 11.6 Å². The summed E-state index contributed by atoms with van der Waals surface area (Å²) in [5, 5.41) is 0. The van der Waals surface area contributed by atoms with E-state index >= 15 is 0 Å². The van der Waals surface area contributed by atoms with Crippen LogP contribution in [0.4, 0.5) is 0 Å². The smallest absolute Gasteiger partial charge is 0.216 e. The second-order valence-electron chi connectivity index (χ2n) is 5.39. The Morgan fingerprint density at radius 1 is 1.38 bits per heavy atom. The van der Waals surface area contributed by atoms with Crippen LogP contribution in [0.2, 0.25) is 0 Å². The Bertz CT molecular complexity index is 586. The van der Waals surface area contributed by atoms with Gasteiger partial charge in [0.05, 0.1) is 5.75 Å². The van der Waals surface area contributed by atoms with E-state index in [1.807, 2.05) is 25.9 Å². The molecule has 0 aliphatic carbocycles. The molecule has 118 valence electrons. The van der Waals surface area contributed by atoms with Crippen molar-refractivity contribution in [2.24, 2.45) is 5.73 Å². The fourth-order valence-electron chi connectivity index (χ4n) is 1.95. The number of hydrogen-bond donors (Lipinski definition) is 2. The van der Waals surface area contributed by atoms with Crippen LogP contribution in [-0.4, -0.2) is 45.0 Å². The first-order valence-electron chi connectivity index (χ1n) is 6.73. The third-order valence-electron chi connectivity index (χ3n) is 3.02. The fraction of sp³-hybridized carbons (Fsp3) is 0.500. The van der Waals surface area contributed by atoms with E-state index in [1.165, 1.54) is 0 Å². The molecule has 0 radical (unpaired) electrons. The molecule has 0 spiro atoms. The first kappa shape index (κ1) is 18.0. The molecule has 1 rings (SSSR count). The van der Waals surface area contributed by atoms with Crippen molar-refractivity contribution >= 4 is 27.2 Å². The maximum atomic E-state index is 12.2. The van der Waals surface area contributed by atoms with Gasteiger partial charge in [-0.1, -0.05) is 36.5 Å². The number of nitrogens with zero attached hydrogens (tertiary/aromatic N) is 1. The molecule has 1 aromatic rings. The minimum Gasteiger partial charge on any atom is -0.389 e. The van der Waals surface area contributed by atoms with Crippen molar-refractivity contribution in [3.63, 3.8) is 0 Å². The molecule has 21 heavy (non-hydrogen) atoms. The molecule has 0 saturated heterocycles. The van der Waals surface area contributed by atoms with Crippen molar-refractivity contribution < 1.29 is 8.42 Å². The van der Waals surface area contributed by atoms with Gasteiger partial charge in [-0.25, -0.2) is 13.1 Å². The third-order valence-corrected chi connectivity index (χ3v) is 4.69. The Morgan fingerprint density at radius 3 is 2.57 bits per heavy atom. The zero-order chi connectivity index (χ0) is 16.0. The van der Waals surface area contributed by atoms with Gasteiger partial charge in [0.1, 0.15) is 4.99 Å². The Balaban J connectivity index is 2.75. The molecule has 0 amide bonds. The number of thiocarbonyl (C=S) groups is 1. The van der Waals surface area contributed by atoms with E-state index in [1.54, 1.807) is 24.3 Å². The van der Waals surface area contributed by atoms with Crippen LogP contribution < -0.4 is 10.5 Å². The van der Waals surface area contributed by atoms with Gasteiger partial charge in [-0.3, -0.25) is 0 Å². The highest BCUT2D eigenvalue weighted by Crippen LogP contribution is 2.12. The molecule has 3 N–H and O–H groups in total. The lowest BCUT2D eigenvalue weighted by Gasteiger charge is -2.17. The van der Waals surface area contributed by atoms with Gasteiger partial charge in [0.15, 0.2) is 0 Å². The van der Waals surface area contributed by atoms with E-state index in [4.69, 9.17) is 18.0 Å². The number of rotatable bonds is 8. The quantitative estimate of drug-likeness (QED) is 0.698. The van der Waals surface area contributed by atoms with Crippen molar-refractivity contribution in [2.45, 2.75) is 25.1 Å². The molecule has 1 atom stereocenters. The molecule has 1 unspecified atom stereocenters. The predicted octanol–water partition coefficient (Wildman–Crippen LogP) is 1.08. The summed E-state index contributed by atoms with van der Waals surface area (Å²) in [5.74, 6) is -0.118. The summed E-state index contributed by atoms with van der Waals surface area (Å²) in [4.78, 5) is 2.23. The average molecular weight is 329 g/mol. The van der Waals surface area contributed by atoms with Crippen molar-refractivity contribution in [3.05, 3.63) is 35.4 Å². The van der Waals surface area contributed by atoms with Gasteiger partial charge >= 0.3 is 0 Å². The second kappa shape index (κ2) is 7.84. The molecule has 0 saturated carbocycles. The monoisotopic (exact) mass is 329 g/mol. The van der Waals surface area contributed by atoms with E-state index in [0.717, 1.165) is 13.0 Å². The van der Waals surface area contributed by atoms with Crippen LogP contribution in [0.3, 0.4) is 0 Å². The topological polar surface area (TPSA) is 75.4 Å². The van der Waals surface area contributed by atoms with Gasteiger partial charge in [-0.2, -0.15) is 0 Å². The van der Waals surface area contributed by atoms with Crippen LogP contribution in [0.5, 0.6) is 0 Å². The van der Waals surface area contributed by atoms with Crippen molar-refractivity contribution in [3.8, 4) is 0 Å². The molecule has 7 heteroatoms. The third kappa shape index (κ3) is 6.52. The number of nitrogens with one attached hydrogen (secondary N) is 1. The van der Waals surface area contributed by atoms with Crippen molar-refractivity contribution in [2.75, 3.05) is 20.6 Å². The summed E-state index contributed by atoms with van der Waals surface area (Å²) in [6.45, 7) is 2.69. The Labute approximate surface area is 132 Å². The first-order valence-corrected chi connectivity index (χ1v) is 8.80. The molecule has 5 nitrogen and oxygen atoms in total. The van der Waals surface area contributed by atoms with Crippen LogP contribution in [0, 0.1) is 0 Å². The largest absolute Gasteiger partial charge is 0.389 e. The lowest BCUT2D eigenvalue weighted by Crippen LogP contribution is -2.35. The van der Waals surface area contributed by atoms with E-state index < -0.39 is 10.0 Å². The lowest BCUT2D eigenvalue weighted by atomic mass is 10.1. The zero-order valence-electron chi connectivity index (χ0n) is 12.7. The summed E-state index contributed by atoms with van der Waals surface area (Å²) in [5.41, 5.74) is 6.86. The van der Waals surface area contributed by atoms with Crippen molar-refractivity contribution in [1.29, 1.82) is 0 Å². The van der Waals surface area contributed by atoms with Gasteiger partial charge in [-0.15, -0.1) is 0 Å². The molecule has 0 aromatic heterocycles. The van der Waals surface area contributed by atoms with E-state index in [2.05, 4.69) is 4.72 Å². The SMILES string of the molecule is CC(CCN(C)C)NS(=O)(=O)Cc1ccccc1C(N)=S. The van der Waals surface area contributed by atoms with E-state index in [0.29, 0.717) is 11.1 Å². The maximum Gasteiger partial charge on any atom is 0.216 e. The zero-order valence-corrected chi connectivity index (χ0v) is 14.3. The number of sulfonamides is 1. The van der Waals surface area contributed by atoms with E-state index in [-0.39, 0.29) is 16.8 Å². The first-order chi connectivity index (χ1) is 9.71. The van der Waals surface area contributed by atoms with Crippen LogP contribution >= 0.6 is 12.2 Å². The maximum absolute atomic E-state index is 12.2. The molecular formula is C14H23N3O2S2. The molecule has 0 aliphatic heterocycles. The molecule has 0 heterocycles. The second-order valence-corrected chi connectivity index (χ2v) is 7.59. The summed E-state index contributed by atoms with van der Waals surface area (Å²) >= 11 is 4.95. The van der Waals surface area contributed by atoms with Crippen LogP contribution in [-0.2, 0) is 15.8 Å². The van der Waals surface area contributed by atoms with Gasteiger partial charge < -0.3 is 10.6 Å². The standard InChI is InChI=1S/C14H23N3O2S2/c1-11(8-9-17(2)3)16-21(18,19)10-12-6-4-5-7-13(12)14(15)20/h4-7,11,16H,8-10H2,1-3H3,(H2,15,20). The fourth-order valence-corrected chi connectivity index (χ4v) is 3.62. The number of nitrogens with two attached hydrogens (primary N) is 1. The molecule has 0 bridgehead atoms. The highest BCUT2D eigenvalue weighted by atomic mass is 32.2. The highest BCUT2D eigenvalue weighted by Gasteiger charge is 2.17. The highest BCUT2D eigenvalue weighted by molar-refractivity contribution is 7.88. The normalized spacial score (nSPS) is 13.3. The minimum atomic E-state index is -3.42. The molecular weight excluding hydrogens is 306 g/mol. The van der Waals surface area contributed by atoms with E-state index in [9.17, 15) is 8.42 Å². The van der Waals surface area contributed by atoms with Crippen LogP contribution in [0.15, 0.2) is 24.3 Å². The summed E-state index contributed by atoms with van der Waals surface area (Å²) in [6, 6.07) is 6.93. The number of hydrogen-bond acceptors (Lipinski definition) is 4. The Hall–Kier alpha value is -1.02. The summed E-state index contributed by atoms with van der Waals surface area (Å²) < 4.78 is 27.1. The van der Waals surface area contributed by atoms with Crippen LogP contribution in [0.1, 0.15) is 24.5 Å². The Kier molecular flexibility index (Phi) is 6.73. The lowest BCUT2D eigenvalue weighted by molar-refractivity contribution is 0.379. The van der Waals surface area contributed by atoms with Crippen LogP contribution in [0.25, 0.3) is 0 Å². The van der Waals surface area contributed by atoms with Crippen molar-refractivity contribution in [1.82, 2.24) is 9.62 Å². The van der Waals surface area contributed by atoms with Gasteiger partial charge in [-0.05, 0) is 39.5 Å². The molecule has 1 aromatic carbocycles. The molecule has 0 fully saturated rings. The predicted molar refractivity (Wildman–Crippen MR) is 90.7 cm³/mol. The van der Waals surface area contributed by atoms with Gasteiger partial charge in [0.2, 0.25) is 10.0 Å². The summed E-state index contributed by atoms with van der Waals surface area (Å²) in [7, 11) is 0.495. The number of benzene rings is 1. The molecule has 0 aliphatic rings. The summed E-state index contributed by atoms with van der Waals surface area (Å²) in [6.07, 6.45) is 0.753. The Morgan fingerprint density at radius 2 is 2.00 bits per heavy atom. The minimum absolute atomic E-state index is 0.116.